The van der Waals surface area contributed by atoms with E-state index in [9.17, 15) is 14.4 Å². The van der Waals surface area contributed by atoms with Crippen molar-refractivity contribution >= 4 is 17.8 Å². The predicted molar refractivity (Wildman–Crippen MR) is 81.4 cm³/mol. The van der Waals surface area contributed by atoms with Gasteiger partial charge in [-0.25, -0.2) is 0 Å². The van der Waals surface area contributed by atoms with Crippen LogP contribution in [-0.2, 0) is 28.6 Å². The summed E-state index contributed by atoms with van der Waals surface area (Å²) in [4.78, 5) is 38.2. The summed E-state index contributed by atoms with van der Waals surface area (Å²) in [5, 5.41) is 0. The highest BCUT2D eigenvalue weighted by Gasteiger charge is 2.54. The van der Waals surface area contributed by atoms with Crippen molar-refractivity contribution in [1.82, 2.24) is 4.90 Å². The first-order valence-corrected chi connectivity index (χ1v) is 7.71. The van der Waals surface area contributed by atoms with E-state index in [1.165, 1.54) is 14.2 Å². The summed E-state index contributed by atoms with van der Waals surface area (Å²) in [5.74, 6) is -3.17. The third-order valence-corrected chi connectivity index (χ3v) is 4.65. The topological polar surface area (TPSA) is 82.1 Å². The molecule has 1 aromatic carbocycles. The predicted octanol–water partition coefficient (Wildman–Crippen LogP) is 0.895. The van der Waals surface area contributed by atoms with Crippen LogP contribution in [0.2, 0.25) is 0 Å². The lowest BCUT2D eigenvalue weighted by Crippen LogP contribution is -2.40. The number of esters is 2. The molecular weight excluding hydrogens is 314 g/mol. The number of carbonyl (C=O) groups excluding carboxylic acids is 3. The van der Waals surface area contributed by atoms with E-state index in [0.29, 0.717) is 0 Å². The van der Waals surface area contributed by atoms with Crippen LogP contribution in [-0.4, -0.2) is 49.6 Å². The largest absolute Gasteiger partial charge is 0.468 e. The number of fused-ring (bicyclic) bond motifs is 1. The van der Waals surface area contributed by atoms with Crippen molar-refractivity contribution in [3.63, 3.8) is 0 Å². The number of methoxy groups -OCH3 is 2. The van der Waals surface area contributed by atoms with Crippen LogP contribution in [0.1, 0.15) is 18.2 Å². The van der Waals surface area contributed by atoms with Crippen molar-refractivity contribution < 1.29 is 28.6 Å². The standard InChI is InChI=1S/C17H19NO6/c1-22-16(20)14(17(21)23-2)11-8-13(19)18-12(11)9-24-15(18)10-6-4-3-5-7-10/h3-7,11-12,14-15H,8-9H2,1-2H3/t11-,12+,15+/m0/s1. The van der Waals surface area contributed by atoms with Crippen LogP contribution in [0.25, 0.3) is 0 Å². The van der Waals surface area contributed by atoms with Gasteiger partial charge in [0.15, 0.2) is 12.1 Å². The van der Waals surface area contributed by atoms with E-state index in [-0.39, 0.29) is 25.0 Å². The van der Waals surface area contributed by atoms with Gasteiger partial charge in [0.2, 0.25) is 5.91 Å². The molecule has 128 valence electrons. The highest BCUT2D eigenvalue weighted by Crippen LogP contribution is 2.43. The average molecular weight is 333 g/mol. The Morgan fingerprint density at radius 3 is 2.38 bits per heavy atom. The van der Waals surface area contributed by atoms with Gasteiger partial charge in [0, 0.05) is 17.9 Å². The third kappa shape index (κ3) is 2.65. The first-order chi connectivity index (χ1) is 11.6. The van der Waals surface area contributed by atoms with Gasteiger partial charge < -0.3 is 19.1 Å². The fraction of sp³-hybridized carbons (Fsp3) is 0.471. The molecule has 0 radical (unpaired) electrons. The molecule has 0 unspecified atom stereocenters. The lowest BCUT2D eigenvalue weighted by Gasteiger charge is -2.25. The van der Waals surface area contributed by atoms with Crippen molar-refractivity contribution in [2.45, 2.75) is 18.7 Å². The smallest absolute Gasteiger partial charge is 0.320 e. The van der Waals surface area contributed by atoms with E-state index in [1.807, 2.05) is 30.3 Å². The minimum Gasteiger partial charge on any atom is -0.468 e. The second-order valence-electron chi connectivity index (χ2n) is 5.86. The van der Waals surface area contributed by atoms with Crippen molar-refractivity contribution in [3.8, 4) is 0 Å². The molecule has 0 aromatic heterocycles. The Kier molecular flexibility index (Phi) is 4.53. The van der Waals surface area contributed by atoms with E-state index < -0.39 is 30.0 Å². The molecule has 0 N–H and O–H groups in total. The van der Waals surface area contributed by atoms with Crippen molar-refractivity contribution in [3.05, 3.63) is 35.9 Å². The van der Waals surface area contributed by atoms with E-state index >= 15 is 0 Å². The number of nitrogens with zero attached hydrogens (tertiary/aromatic N) is 1. The molecule has 1 amide bonds. The number of carbonyl (C=O) groups is 3. The molecule has 0 spiro atoms. The van der Waals surface area contributed by atoms with Gasteiger partial charge in [0.05, 0.1) is 26.9 Å². The molecule has 2 fully saturated rings. The minimum atomic E-state index is -1.13. The second-order valence-corrected chi connectivity index (χ2v) is 5.86. The fourth-order valence-corrected chi connectivity index (χ4v) is 3.53. The first kappa shape index (κ1) is 16.4. The monoisotopic (exact) mass is 333 g/mol. The van der Waals surface area contributed by atoms with Crippen molar-refractivity contribution in [2.24, 2.45) is 11.8 Å². The van der Waals surface area contributed by atoms with Crippen LogP contribution in [0.3, 0.4) is 0 Å². The molecule has 7 nitrogen and oxygen atoms in total. The summed E-state index contributed by atoms with van der Waals surface area (Å²) in [7, 11) is 2.43. The Balaban J connectivity index is 1.88. The van der Waals surface area contributed by atoms with Crippen LogP contribution < -0.4 is 0 Å². The van der Waals surface area contributed by atoms with Crippen molar-refractivity contribution in [1.29, 1.82) is 0 Å². The second kappa shape index (κ2) is 6.60. The van der Waals surface area contributed by atoms with Gasteiger partial charge in [-0.05, 0) is 0 Å². The van der Waals surface area contributed by atoms with Gasteiger partial charge in [0.1, 0.15) is 0 Å². The molecule has 0 aliphatic carbocycles. The Morgan fingerprint density at radius 1 is 1.17 bits per heavy atom. The number of rotatable bonds is 4. The summed E-state index contributed by atoms with van der Waals surface area (Å²) < 4.78 is 15.2. The maximum absolute atomic E-state index is 12.5. The Morgan fingerprint density at radius 2 is 1.79 bits per heavy atom. The van der Waals surface area contributed by atoms with E-state index in [1.54, 1.807) is 4.90 Å². The molecule has 0 saturated carbocycles. The number of hydrogen-bond donors (Lipinski definition) is 0. The number of ether oxygens (including phenoxy) is 3. The van der Waals surface area contributed by atoms with Crippen LogP contribution in [0.5, 0.6) is 0 Å². The lowest BCUT2D eigenvalue weighted by atomic mass is 9.86. The molecule has 3 atom stereocenters. The zero-order valence-electron chi connectivity index (χ0n) is 13.5. The third-order valence-electron chi connectivity index (χ3n) is 4.65. The Labute approximate surface area is 139 Å². The normalized spacial score (nSPS) is 25.7. The SMILES string of the molecule is COC(=O)C(C(=O)OC)[C@H]1CC(=O)N2[C@@H](c3ccccc3)OC[C@H]12. The van der Waals surface area contributed by atoms with Gasteiger partial charge in [-0.15, -0.1) is 0 Å². The molecule has 2 aliphatic heterocycles. The van der Waals surface area contributed by atoms with Gasteiger partial charge in [-0.2, -0.15) is 0 Å². The average Bonchev–Trinajstić information content (AvgIpc) is 3.18. The van der Waals surface area contributed by atoms with E-state index in [0.717, 1.165) is 5.56 Å². The van der Waals surface area contributed by atoms with Gasteiger partial charge >= 0.3 is 11.9 Å². The molecule has 24 heavy (non-hydrogen) atoms. The molecular formula is C17H19NO6. The number of benzene rings is 1. The number of amides is 1. The molecule has 0 bridgehead atoms. The molecule has 1 aromatic rings. The Hall–Kier alpha value is -2.41. The van der Waals surface area contributed by atoms with Gasteiger partial charge in [-0.3, -0.25) is 14.4 Å². The molecule has 2 aliphatic rings. The first-order valence-electron chi connectivity index (χ1n) is 7.71. The Bertz CT molecular complexity index is 630. The summed E-state index contributed by atoms with van der Waals surface area (Å²) >= 11 is 0. The maximum atomic E-state index is 12.5. The van der Waals surface area contributed by atoms with Crippen LogP contribution in [0, 0.1) is 11.8 Å². The molecule has 2 heterocycles. The summed E-state index contributed by atoms with van der Waals surface area (Å²) in [5.41, 5.74) is 0.863. The zero-order valence-corrected chi connectivity index (χ0v) is 13.5. The quantitative estimate of drug-likeness (QED) is 0.601. The summed E-state index contributed by atoms with van der Waals surface area (Å²) in [6.45, 7) is 0.264. The maximum Gasteiger partial charge on any atom is 0.320 e. The highest BCUT2D eigenvalue weighted by molar-refractivity contribution is 5.96. The minimum absolute atomic E-state index is 0.0895. The molecule has 7 heteroatoms. The van der Waals surface area contributed by atoms with Crippen molar-refractivity contribution in [2.75, 3.05) is 20.8 Å². The van der Waals surface area contributed by atoms with E-state index in [4.69, 9.17) is 14.2 Å². The van der Waals surface area contributed by atoms with Crippen LogP contribution in [0.15, 0.2) is 30.3 Å². The zero-order chi connectivity index (χ0) is 17.3. The van der Waals surface area contributed by atoms with Crippen LogP contribution in [0.4, 0.5) is 0 Å². The fourth-order valence-electron chi connectivity index (χ4n) is 3.53. The molecule has 3 rings (SSSR count). The molecule has 2 saturated heterocycles. The summed E-state index contributed by atoms with van der Waals surface area (Å²) in [6, 6.07) is 9.03. The summed E-state index contributed by atoms with van der Waals surface area (Å²) in [6.07, 6.45) is -0.406. The van der Waals surface area contributed by atoms with E-state index in [2.05, 4.69) is 0 Å². The van der Waals surface area contributed by atoms with Gasteiger partial charge in [-0.1, -0.05) is 30.3 Å². The van der Waals surface area contributed by atoms with Crippen LogP contribution >= 0.6 is 0 Å². The lowest BCUT2D eigenvalue weighted by molar-refractivity contribution is -0.162. The highest BCUT2D eigenvalue weighted by atomic mass is 16.5. The van der Waals surface area contributed by atoms with Gasteiger partial charge in [0.25, 0.3) is 0 Å². The number of hydrogen-bond acceptors (Lipinski definition) is 6.